The molecule has 128 valence electrons. The second-order valence-corrected chi connectivity index (χ2v) is 6.91. The van der Waals surface area contributed by atoms with E-state index >= 15 is 0 Å². The Hall–Kier alpha value is -0.780. The van der Waals surface area contributed by atoms with Crippen molar-refractivity contribution < 1.29 is 29.7 Å². The molecule has 9 heteroatoms. The van der Waals surface area contributed by atoms with Crippen molar-refractivity contribution in [2.45, 2.75) is 51.9 Å². The molecule has 1 N–H and O–H groups in total. The van der Waals surface area contributed by atoms with Gasteiger partial charge in [-0.15, -0.1) is 0 Å². The number of halogens is 6. The van der Waals surface area contributed by atoms with Crippen LogP contribution in [-0.4, -0.2) is 4.98 Å². The summed E-state index contributed by atoms with van der Waals surface area (Å²) in [5.74, 6) is 1.35. The number of nitrogens with zero attached hydrogens (tertiary/aromatic N) is 1. The number of H-pyrrole nitrogens is 1. The summed E-state index contributed by atoms with van der Waals surface area (Å²) in [4.78, 5) is 3.27. The monoisotopic (exact) mass is 340 g/mol. The van der Waals surface area contributed by atoms with Crippen molar-refractivity contribution in [3.8, 4) is 0 Å². The third kappa shape index (κ3) is 19.2. The minimum absolute atomic E-state index is 1.19. The summed E-state index contributed by atoms with van der Waals surface area (Å²) >= 11 is 0. The molecule has 0 saturated heterocycles. The van der Waals surface area contributed by atoms with Crippen molar-refractivity contribution in [2.24, 2.45) is 7.05 Å². The van der Waals surface area contributed by atoms with E-state index < -0.39 is 7.81 Å². The Balaban J connectivity index is 0.000000486. The Kier molecular flexibility index (Phi) is 6.73. The molecular formula is C12H23F6N2P. The van der Waals surface area contributed by atoms with Crippen LogP contribution in [0.2, 0.25) is 0 Å². The molecule has 1 heterocycles. The van der Waals surface area contributed by atoms with Crippen LogP contribution >= 0.6 is 7.81 Å². The molecule has 1 aromatic heterocycles. The SMILES string of the molecule is CCCCCCCCc1[nH]cc[n+]1C.F[P-](F)(F)(F)(F)F. The van der Waals surface area contributed by atoms with Crippen molar-refractivity contribution in [3.63, 3.8) is 0 Å². The van der Waals surface area contributed by atoms with Crippen LogP contribution in [-0.2, 0) is 13.5 Å². The zero-order chi connectivity index (χ0) is 16.6. The first-order chi connectivity index (χ1) is 9.29. The van der Waals surface area contributed by atoms with Crippen LogP contribution in [0, 0.1) is 0 Å². The molecule has 1 aromatic rings. The van der Waals surface area contributed by atoms with Gasteiger partial charge in [-0.1, -0.05) is 39.0 Å². The number of hydrogen-bond donors (Lipinski definition) is 1. The van der Waals surface area contributed by atoms with E-state index in [1.165, 1.54) is 50.8 Å². The summed E-state index contributed by atoms with van der Waals surface area (Å²) in [6.45, 7) is 2.26. The predicted octanol–water partition coefficient (Wildman–Crippen LogP) is 6.12. The van der Waals surface area contributed by atoms with Gasteiger partial charge >= 0.3 is 33.0 Å². The summed E-state index contributed by atoms with van der Waals surface area (Å²) < 4.78 is 61.4. The fourth-order valence-electron chi connectivity index (χ4n) is 1.76. The van der Waals surface area contributed by atoms with Crippen LogP contribution in [0.3, 0.4) is 0 Å². The van der Waals surface area contributed by atoms with Gasteiger partial charge < -0.3 is 0 Å². The number of rotatable bonds is 7. The van der Waals surface area contributed by atoms with Gasteiger partial charge in [0.25, 0.3) is 5.82 Å². The van der Waals surface area contributed by atoms with Gasteiger partial charge in [-0.25, -0.2) is 9.55 Å². The molecule has 1 rings (SSSR count). The molecule has 0 fully saturated rings. The molecule has 0 aliphatic heterocycles. The maximum absolute atomic E-state index is 10.7. The molecule has 21 heavy (non-hydrogen) atoms. The first-order valence-electron chi connectivity index (χ1n) is 6.88. The van der Waals surface area contributed by atoms with Gasteiger partial charge in [-0.2, -0.15) is 0 Å². The molecule has 0 saturated carbocycles. The van der Waals surface area contributed by atoms with Crippen molar-refractivity contribution in [2.75, 3.05) is 0 Å². The molecule has 0 amide bonds. The van der Waals surface area contributed by atoms with Gasteiger partial charge in [0.15, 0.2) is 0 Å². The molecule has 0 atom stereocenters. The number of aromatic nitrogens is 2. The van der Waals surface area contributed by atoms with Gasteiger partial charge in [-0.3, -0.25) is 0 Å². The Morgan fingerprint density at radius 1 is 0.952 bits per heavy atom. The van der Waals surface area contributed by atoms with E-state index in [1.54, 1.807) is 0 Å². The zero-order valence-corrected chi connectivity index (χ0v) is 13.2. The Morgan fingerprint density at radius 3 is 1.86 bits per heavy atom. The summed E-state index contributed by atoms with van der Waals surface area (Å²) in [6.07, 6.45) is 13.5. The van der Waals surface area contributed by atoms with Crippen molar-refractivity contribution >= 4 is 7.81 Å². The molecule has 0 radical (unpaired) electrons. The number of imidazole rings is 1. The molecule has 2 nitrogen and oxygen atoms in total. The quantitative estimate of drug-likeness (QED) is 0.267. The third-order valence-electron chi connectivity index (χ3n) is 2.74. The topological polar surface area (TPSA) is 19.7 Å². The molecule has 0 bridgehead atoms. The summed E-state index contributed by atoms with van der Waals surface area (Å²) in [5, 5.41) is 0. The van der Waals surface area contributed by atoms with E-state index in [1.807, 2.05) is 6.20 Å². The standard InChI is InChI=1S/C12H22N2.F6P/c1-3-4-5-6-7-8-9-12-13-10-11-14(12)2;1-7(2,3,4,5)6/h10-11H,3-9H2,1-2H3;/q;-1/p+1. The molecule has 0 spiro atoms. The van der Waals surface area contributed by atoms with Crippen molar-refractivity contribution in [3.05, 3.63) is 18.2 Å². The van der Waals surface area contributed by atoms with Crippen LogP contribution in [0.25, 0.3) is 0 Å². The van der Waals surface area contributed by atoms with Crippen molar-refractivity contribution in [1.29, 1.82) is 0 Å². The zero-order valence-electron chi connectivity index (χ0n) is 12.3. The number of aryl methyl sites for hydroxylation is 2. The predicted molar refractivity (Wildman–Crippen MR) is 72.6 cm³/mol. The van der Waals surface area contributed by atoms with Crippen LogP contribution < -0.4 is 4.57 Å². The Bertz CT molecular complexity index is 400. The van der Waals surface area contributed by atoms with Crippen LogP contribution in [0.4, 0.5) is 25.2 Å². The Labute approximate surface area is 120 Å². The normalized spacial score (nSPS) is 14.9. The second kappa shape index (κ2) is 6.99. The van der Waals surface area contributed by atoms with Crippen LogP contribution in [0.15, 0.2) is 12.4 Å². The van der Waals surface area contributed by atoms with E-state index in [2.05, 4.69) is 29.7 Å². The maximum atomic E-state index is 9.87. The fourth-order valence-corrected chi connectivity index (χ4v) is 1.76. The average molecular weight is 340 g/mol. The molecule has 0 aliphatic rings. The third-order valence-corrected chi connectivity index (χ3v) is 2.74. The van der Waals surface area contributed by atoms with Gasteiger partial charge in [0, 0.05) is 6.42 Å². The minimum atomic E-state index is -10.7. The Morgan fingerprint density at radius 2 is 1.43 bits per heavy atom. The van der Waals surface area contributed by atoms with E-state index in [-0.39, 0.29) is 0 Å². The van der Waals surface area contributed by atoms with Crippen LogP contribution in [0.5, 0.6) is 0 Å². The van der Waals surface area contributed by atoms with E-state index in [0.29, 0.717) is 0 Å². The summed E-state index contributed by atoms with van der Waals surface area (Å²) in [6, 6.07) is 0. The van der Waals surface area contributed by atoms with Gasteiger partial charge in [0.2, 0.25) is 0 Å². The average Bonchev–Trinajstić information content (AvgIpc) is 2.65. The van der Waals surface area contributed by atoms with Gasteiger partial charge in [-0.05, 0) is 6.42 Å². The fraction of sp³-hybridized carbons (Fsp3) is 0.750. The second-order valence-electron chi connectivity index (χ2n) is 4.99. The number of aromatic amines is 1. The van der Waals surface area contributed by atoms with Gasteiger partial charge in [0.1, 0.15) is 12.4 Å². The van der Waals surface area contributed by atoms with Crippen molar-refractivity contribution in [1.82, 2.24) is 4.98 Å². The van der Waals surface area contributed by atoms with Gasteiger partial charge in [0.05, 0.1) is 7.05 Å². The number of unbranched alkanes of at least 4 members (excludes halogenated alkanes) is 5. The summed E-state index contributed by atoms with van der Waals surface area (Å²) in [7, 11) is -8.56. The molecule has 0 unspecified atom stereocenters. The number of nitrogens with one attached hydrogen (secondary N) is 1. The van der Waals surface area contributed by atoms with E-state index in [4.69, 9.17) is 0 Å². The first kappa shape index (κ1) is 20.2. The summed E-state index contributed by atoms with van der Waals surface area (Å²) in [5.41, 5.74) is 0. The van der Waals surface area contributed by atoms with E-state index in [9.17, 15) is 25.2 Å². The molecule has 0 aliphatic carbocycles. The van der Waals surface area contributed by atoms with Crippen LogP contribution in [0.1, 0.15) is 51.3 Å². The first-order valence-corrected chi connectivity index (χ1v) is 8.90. The molecule has 0 aromatic carbocycles. The number of hydrogen-bond acceptors (Lipinski definition) is 0. The molecular weight excluding hydrogens is 317 g/mol. The van der Waals surface area contributed by atoms with E-state index in [0.717, 1.165) is 0 Å².